The Morgan fingerprint density at radius 1 is 0.500 bits per heavy atom. The zero-order valence-electron chi connectivity index (χ0n) is 46.1. The third-order valence-corrected chi connectivity index (χ3v) is 14.2. The van der Waals surface area contributed by atoms with Gasteiger partial charge in [0, 0.05) is 6.42 Å². The van der Waals surface area contributed by atoms with Gasteiger partial charge >= 0.3 is 0 Å². The number of hydrogen-bond acceptors (Lipinski definition) is 13. The summed E-state index contributed by atoms with van der Waals surface area (Å²) >= 11 is 0. The minimum Gasteiger partial charge on any atom is -0.394 e. The highest BCUT2D eigenvalue weighted by atomic mass is 16.7. The monoisotopic (exact) mass is 1050 g/mol. The predicted octanol–water partition coefficient (Wildman–Crippen LogP) is 9.78. The molecular formula is C60H107NO13. The summed E-state index contributed by atoms with van der Waals surface area (Å²) in [4.78, 5) is 13.2. The van der Waals surface area contributed by atoms with Crippen LogP contribution in [0.3, 0.4) is 0 Å². The van der Waals surface area contributed by atoms with Crippen LogP contribution in [-0.4, -0.2) is 140 Å². The van der Waals surface area contributed by atoms with Gasteiger partial charge in [-0.3, -0.25) is 4.79 Å². The Morgan fingerprint density at radius 3 is 1.43 bits per heavy atom. The summed E-state index contributed by atoms with van der Waals surface area (Å²) in [5.41, 5.74) is 0. The molecule has 14 heteroatoms. The molecule has 2 aliphatic rings. The Kier molecular flexibility index (Phi) is 41.9. The lowest BCUT2D eigenvalue weighted by molar-refractivity contribution is -0.359. The third-order valence-electron chi connectivity index (χ3n) is 14.2. The number of allylic oxidation sites excluding steroid dienone is 9. The molecule has 0 saturated carbocycles. The first-order chi connectivity index (χ1) is 36.1. The number of aliphatic hydroxyl groups excluding tert-OH is 8. The van der Waals surface area contributed by atoms with Crippen LogP contribution in [0.25, 0.3) is 0 Å². The molecule has 12 atom stereocenters. The molecule has 2 saturated heterocycles. The fraction of sp³-hybridized carbons (Fsp3) is 0.817. The highest BCUT2D eigenvalue weighted by Crippen LogP contribution is 2.30. The molecule has 12 unspecified atom stereocenters. The van der Waals surface area contributed by atoms with Gasteiger partial charge in [-0.25, -0.2) is 0 Å². The van der Waals surface area contributed by atoms with Crippen LogP contribution in [0.4, 0.5) is 0 Å². The fourth-order valence-electron chi connectivity index (χ4n) is 9.46. The van der Waals surface area contributed by atoms with Crippen molar-refractivity contribution in [3.63, 3.8) is 0 Å². The van der Waals surface area contributed by atoms with Crippen molar-refractivity contribution in [2.75, 3.05) is 19.8 Å². The second-order valence-electron chi connectivity index (χ2n) is 20.7. The molecule has 0 spiro atoms. The van der Waals surface area contributed by atoms with Gasteiger partial charge in [0.1, 0.15) is 48.8 Å². The number of amides is 1. The van der Waals surface area contributed by atoms with Crippen molar-refractivity contribution in [2.45, 2.75) is 293 Å². The molecule has 0 aromatic carbocycles. The van der Waals surface area contributed by atoms with E-state index in [1.165, 1.54) is 128 Å². The third kappa shape index (κ3) is 31.2. The van der Waals surface area contributed by atoms with Crippen molar-refractivity contribution < 1.29 is 64.6 Å². The predicted molar refractivity (Wildman–Crippen MR) is 295 cm³/mol. The molecule has 0 aromatic heterocycles. The van der Waals surface area contributed by atoms with E-state index in [0.717, 1.165) is 64.2 Å². The molecule has 2 heterocycles. The summed E-state index contributed by atoms with van der Waals surface area (Å²) in [7, 11) is 0. The van der Waals surface area contributed by atoms with Gasteiger partial charge in [-0.05, 0) is 57.8 Å². The molecule has 9 N–H and O–H groups in total. The van der Waals surface area contributed by atoms with E-state index in [4.69, 9.17) is 18.9 Å². The van der Waals surface area contributed by atoms with Gasteiger partial charge in [0.05, 0.1) is 32.0 Å². The lowest BCUT2D eigenvalue weighted by Crippen LogP contribution is -2.65. The van der Waals surface area contributed by atoms with Crippen LogP contribution < -0.4 is 5.32 Å². The van der Waals surface area contributed by atoms with Gasteiger partial charge in [-0.15, -0.1) is 0 Å². The summed E-state index contributed by atoms with van der Waals surface area (Å²) in [6.07, 6.45) is 41.2. The first-order valence-electron chi connectivity index (χ1n) is 29.5. The maximum atomic E-state index is 13.2. The van der Waals surface area contributed by atoms with Crippen molar-refractivity contribution in [1.82, 2.24) is 5.32 Å². The Balaban J connectivity index is 1.71. The summed E-state index contributed by atoms with van der Waals surface area (Å²) in [6, 6.07) is -0.915. The lowest BCUT2D eigenvalue weighted by atomic mass is 9.97. The van der Waals surface area contributed by atoms with Crippen LogP contribution >= 0.6 is 0 Å². The average molecular weight is 1050 g/mol. The van der Waals surface area contributed by atoms with E-state index in [9.17, 15) is 45.6 Å². The highest BCUT2D eigenvalue weighted by molar-refractivity contribution is 5.76. The van der Waals surface area contributed by atoms with E-state index < -0.39 is 86.8 Å². The second-order valence-corrected chi connectivity index (χ2v) is 20.7. The highest BCUT2D eigenvalue weighted by Gasteiger charge is 2.51. The number of carbonyl (C=O) groups excluding carboxylic acids is 1. The van der Waals surface area contributed by atoms with Crippen LogP contribution in [0, 0.1) is 0 Å². The number of carbonyl (C=O) groups is 1. The van der Waals surface area contributed by atoms with Crippen molar-refractivity contribution in [2.24, 2.45) is 0 Å². The van der Waals surface area contributed by atoms with E-state index >= 15 is 0 Å². The van der Waals surface area contributed by atoms with Gasteiger partial charge in [0.25, 0.3) is 0 Å². The Morgan fingerprint density at radius 2 is 0.932 bits per heavy atom. The molecule has 0 aromatic rings. The summed E-state index contributed by atoms with van der Waals surface area (Å²) < 4.78 is 22.7. The van der Waals surface area contributed by atoms with Crippen LogP contribution in [0.15, 0.2) is 60.8 Å². The van der Waals surface area contributed by atoms with Gasteiger partial charge < -0.3 is 65.1 Å². The molecule has 0 aliphatic carbocycles. The molecule has 2 aliphatic heterocycles. The van der Waals surface area contributed by atoms with Gasteiger partial charge in [0.15, 0.2) is 12.6 Å². The largest absolute Gasteiger partial charge is 0.394 e. The molecule has 74 heavy (non-hydrogen) atoms. The number of unbranched alkanes of at least 4 members (excludes halogenated alkanes) is 25. The second kappa shape index (κ2) is 45.7. The van der Waals surface area contributed by atoms with Crippen molar-refractivity contribution in [1.29, 1.82) is 0 Å². The van der Waals surface area contributed by atoms with E-state index in [1.807, 2.05) is 6.08 Å². The maximum Gasteiger partial charge on any atom is 0.220 e. The lowest BCUT2D eigenvalue weighted by Gasteiger charge is -2.46. The molecule has 430 valence electrons. The van der Waals surface area contributed by atoms with Crippen LogP contribution in [0.5, 0.6) is 0 Å². The number of aliphatic hydroxyl groups is 8. The van der Waals surface area contributed by atoms with Gasteiger partial charge in [-0.2, -0.15) is 0 Å². The minimum atomic E-state index is -1.79. The number of rotatable bonds is 46. The Hall–Kier alpha value is -2.31. The Bertz CT molecular complexity index is 1470. The van der Waals surface area contributed by atoms with Crippen molar-refractivity contribution in [3.05, 3.63) is 60.8 Å². The first kappa shape index (κ1) is 67.8. The number of ether oxygens (including phenoxy) is 4. The minimum absolute atomic E-state index is 0.242. The average Bonchev–Trinajstić information content (AvgIpc) is 3.40. The topological polar surface area (TPSA) is 228 Å². The normalized spacial score (nSPS) is 25.6. The fourth-order valence-corrected chi connectivity index (χ4v) is 9.46. The zero-order chi connectivity index (χ0) is 53.9. The molecular weight excluding hydrogens is 943 g/mol. The smallest absolute Gasteiger partial charge is 0.220 e. The molecule has 0 bridgehead atoms. The summed E-state index contributed by atoms with van der Waals surface area (Å²) in [6.45, 7) is 2.68. The van der Waals surface area contributed by atoms with Gasteiger partial charge in [0.2, 0.25) is 5.91 Å². The maximum absolute atomic E-state index is 13.2. The van der Waals surface area contributed by atoms with E-state index in [2.05, 4.69) is 67.8 Å². The Labute approximate surface area is 447 Å². The van der Waals surface area contributed by atoms with Gasteiger partial charge in [-0.1, -0.05) is 216 Å². The quantitative estimate of drug-likeness (QED) is 0.0205. The molecule has 0 radical (unpaired) electrons. The van der Waals surface area contributed by atoms with Crippen LogP contribution in [0.1, 0.15) is 219 Å². The van der Waals surface area contributed by atoms with Crippen LogP contribution in [0.2, 0.25) is 0 Å². The molecule has 1 amide bonds. The first-order valence-corrected chi connectivity index (χ1v) is 29.5. The zero-order valence-corrected chi connectivity index (χ0v) is 46.1. The number of nitrogens with one attached hydrogen (secondary N) is 1. The van der Waals surface area contributed by atoms with E-state index in [-0.39, 0.29) is 18.9 Å². The number of hydrogen-bond donors (Lipinski definition) is 9. The van der Waals surface area contributed by atoms with Crippen LogP contribution in [-0.2, 0) is 23.7 Å². The summed E-state index contributed by atoms with van der Waals surface area (Å²) in [5.74, 6) is -0.242. The summed E-state index contributed by atoms with van der Waals surface area (Å²) in [5, 5.41) is 87.0. The SMILES string of the molecule is CC/C=C\C/C=C\C/C=C\C/C=C\CCCCCCCCCCCCCCCCC(=O)NC(COC1OC(CO)C(OC2OC(CO)C(O)C(O)C2O)C(O)C1O)C(O)/C=C/CCCCCCCCCCCCC. The molecule has 2 rings (SSSR count). The molecule has 2 fully saturated rings. The van der Waals surface area contributed by atoms with E-state index in [0.29, 0.717) is 6.42 Å². The molecule has 14 nitrogen and oxygen atoms in total. The van der Waals surface area contributed by atoms with Crippen molar-refractivity contribution >= 4 is 5.91 Å². The standard InChI is InChI=1S/C60H107NO13/c1-3-5-7-9-11-13-15-17-18-19-20-21-22-23-24-25-26-27-28-29-30-32-34-36-38-40-42-44-52(65)61-48(49(64)43-41-39-37-35-33-31-16-14-12-10-8-6-4-2)47-71-59-57(70)55(68)58(51(46-63)73-59)74-60-56(69)54(67)53(66)50(45-62)72-60/h5,7,11,13,17-18,20-21,41,43,48-51,53-60,62-64,66-70H,3-4,6,8-10,12,14-16,19,22-40,42,44-47H2,1-2H3,(H,61,65)/b7-5-,13-11-,18-17-,21-20-,43-41+. The van der Waals surface area contributed by atoms with E-state index in [1.54, 1.807) is 6.08 Å². The van der Waals surface area contributed by atoms with Crippen molar-refractivity contribution in [3.8, 4) is 0 Å².